The van der Waals surface area contributed by atoms with Crippen LogP contribution in [0, 0.1) is 59.2 Å². The van der Waals surface area contributed by atoms with Gasteiger partial charge in [0.25, 0.3) is 0 Å². The molecule has 568 valence electrons. The summed E-state index contributed by atoms with van der Waals surface area (Å²) < 4.78 is 29.0. The van der Waals surface area contributed by atoms with E-state index in [-0.39, 0.29) is 148 Å². The van der Waals surface area contributed by atoms with Crippen molar-refractivity contribution in [3.63, 3.8) is 0 Å². The van der Waals surface area contributed by atoms with Crippen molar-refractivity contribution in [2.75, 3.05) is 73.1 Å². The number of nitrogens with zero attached hydrogens (tertiary/aromatic N) is 2. The van der Waals surface area contributed by atoms with E-state index in [1.807, 2.05) is 85.7 Å². The number of benzene rings is 2. The molecule has 3 rings (SSSR count). The van der Waals surface area contributed by atoms with Crippen molar-refractivity contribution in [3.8, 4) is 0 Å². The molecule has 6 amide bonds. The van der Waals surface area contributed by atoms with Gasteiger partial charge in [0.1, 0.15) is 36.3 Å². The summed E-state index contributed by atoms with van der Waals surface area (Å²) in [6, 6.07) is 12.6. The van der Waals surface area contributed by atoms with Crippen molar-refractivity contribution in [3.05, 3.63) is 65.7 Å². The first-order chi connectivity index (χ1) is 47.9. The molecule has 0 saturated heterocycles. The van der Waals surface area contributed by atoms with Gasteiger partial charge >= 0.3 is 12.1 Å². The minimum atomic E-state index is -0.966. The minimum absolute atomic E-state index is 0.0156. The third-order valence-electron chi connectivity index (χ3n) is 19.9. The molecule has 13 atom stereocenters. The van der Waals surface area contributed by atoms with Gasteiger partial charge in [-0.15, -0.1) is 0 Å². The number of carbonyl (C=O) groups is 11. The van der Waals surface area contributed by atoms with Gasteiger partial charge in [0.15, 0.2) is 11.6 Å². The number of hydrogen-bond donors (Lipinski definition) is 6. The maximum absolute atomic E-state index is 14.9. The summed E-state index contributed by atoms with van der Waals surface area (Å²) in [5.41, 5.74) is 12.3. The van der Waals surface area contributed by atoms with Crippen LogP contribution in [0.1, 0.15) is 196 Å². The van der Waals surface area contributed by atoms with E-state index in [1.54, 1.807) is 64.3 Å². The molecule has 0 aromatic heterocycles. The van der Waals surface area contributed by atoms with E-state index in [9.17, 15) is 57.8 Å². The van der Waals surface area contributed by atoms with Gasteiger partial charge in [0, 0.05) is 116 Å². The summed E-state index contributed by atoms with van der Waals surface area (Å²) in [6.45, 7) is 18.9. The number of unbranched alkanes of at least 4 members (excludes halogenated alkanes) is 2. The van der Waals surface area contributed by atoms with E-state index in [2.05, 4.69) is 16.0 Å². The zero-order chi connectivity index (χ0) is 75.5. The molecule has 0 radical (unpaired) electrons. The molecular weight excluding hydrogens is 1290 g/mol. The van der Waals surface area contributed by atoms with Gasteiger partial charge in [0.2, 0.25) is 17.7 Å². The van der Waals surface area contributed by atoms with Gasteiger partial charge in [-0.3, -0.25) is 43.2 Å². The summed E-state index contributed by atoms with van der Waals surface area (Å²) in [5, 5.41) is 19.2. The number of nitrogens with one attached hydrogen (secondary N) is 3. The van der Waals surface area contributed by atoms with Crippen LogP contribution >= 0.6 is 0 Å². The zero-order valence-corrected chi connectivity index (χ0v) is 62.9. The predicted octanol–water partition coefficient (Wildman–Crippen LogP) is 9.72. The molecule has 2 aromatic rings. The Labute approximate surface area is 600 Å². The number of carbonyl (C=O) groups excluding carboxylic acids is 11. The van der Waals surface area contributed by atoms with E-state index < -0.39 is 84.0 Å². The smallest absolute Gasteiger partial charge is 0.410 e. The number of ether oxygens (including phenoxy) is 5. The molecular formula is C77H123N7O17. The largest absolute Gasteiger partial charge is 0.445 e. The lowest BCUT2D eigenvalue weighted by Crippen LogP contribution is -2.53. The maximum atomic E-state index is 14.9. The SMILES string of the molecule is CC[C@H](C)[C@@H]([C@@H](CC(=O)C1CCC[C@H]1[C@H](OC)[C@@H](C)C(=O)C[C@H](C)[C@@H](O)c1ccccc1)OC)N(C)C(=O)[C@@H](CC(=O)C(C(C)C)N(C)C(=O)OCc1ccc(NC(=O)[C@H](CCCNC(N)=O)CC(=O)C(NC(=O)COCCOCCCC(=O)CCCCCC(=O)CN)C(C)C)cc1)C(C)C. The highest BCUT2D eigenvalue weighted by molar-refractivity contribution is 5.98. The van der Waals surface area contributed by atoms with E-state index in [0.29, 0.717) is 69.2 Å². The maximum Gasteiger partial charge on any atom is 0.410 e. The lowest BCUT2D eigenvalue weighted by atomic mass is 9.77. The number of methoxy groups -OCH3 is 2. The number of anilines is 1. The number of amides is 6. The van der Waals surface area contributed by atoms with Crippen molar-refractivity contribution in [1.29, 1.82) is 0 Å². The normalized spacial score (nSPS) is 17.1. The Morgan fingerprint density at radius 2 is 1.31 bits per heavy atom. The average molecular weight is 1420 g/mol. The van der Waals surface area contributed by atoms with Crippen molar-refractivity contribution in [2.45, 2.75) is 221 Å². The molecule has 1 aliphatic rings. The van der Waals surface area contributed by atoms with Gasteiger partial charge in [-0.2, -0.15) is 0 Å². The van der Waals surface area contributed by atoms with Crippen LogP contribution in [0.3, 0.4) is 0 Å². The van der Waals surface area contributed by atoms with Gasteiger partial charge in [-0.25, -0.2) is 9.59 Å². The molecule has 0 aliphatic heterocycles. The molecule has 1 aliphatic carbocycles. The topological polar surface area (TPSA) is 349 Å². The fraction of sp³-hybridized carbons (Fsp3) is 0.701. The molecule has 0 spiro atoms. The second kappa shape index (κ2) is 46.7. The Morgan fingerprint density at radius 3 is 1.90 bits per heavy atom. The Bertz CT molecular complexity index is 2910. The van der Waals surface area contributed by atoms with Crippen LogP contribution in [-0.4, -0.2) is 178 Å². The Hall–Kier alpha value is -6.83. The van der Waals surface area contributed by atoms with Crippen molar-refractivity contribution in [2.24, 2.45) is 70.6 Å². The van der Waals surface area contributed by atoms with Crippen molar-refractivity contribution in [1.82, 2.24) is 20.4 Å². The quantitative estimate of drug-likeness (QED) is 0.0335. The Balaban J connectivity index is 1.62. The first kappa shape index (κ1) is 88.4. The highest BCUT2D eigenvalue weighted by Gasteiger charge is 2.45. The van der Waals surface area contributed by atoms with E-state index in [4.69, 9.17) is 35.2 Å². The van der Waals surface area contributed by atoms with Crippen LogP contribution in [0.15, 0.2) is 54.6 Å². The number of ketones is 6. The lowest BCUT2D eigenvalue weighted by molar-refractivity contribution is -0.147. The fourth-order valence-corrected chi connectivity index (χ4v) is 13.8. The highest BCUT2D eigenvalue weighted by Crippen LogP contribution is 2.41. The molecule has 2 aromatic carbocycles. The number of rotatable bonds is 52. The second-order valence-electron chi connectivity index (χ2n) is 28.7. The minimum Gasteiger partial charge on any atom is -0.445 e. The Kier molecular flexibility index (Phi) is 40.9. The molecule has 3 unspecified atom stereocenters. The number of primary amides is 1. The number of nitrogens with two attached hydrogens (primary N) is 2. The van der Waals surface area contributed by atoms with Crippen LogP contribution in [-0.2, 0) is 73.4 Å². The van der Waals surface area contributed by atoms with E-state index >= 15 is 0 Å². The number of likely N-dealkylation sites (N-methyl/N-ethyl adjacent to an activating group) is 2. The van der Waals surface area contributed by atoms with Gasteiger partial charge in [-0.1, -0.05) is 131 Å². The standard InChI is InChI=1S/C77H123N7O17/c1-15-51(8)71(67(97-13)44-64(88)60-31-22-32-61(60)73(98-14)53(10)63(87)41-52(9)72(92)55-25-18-16-19-26-55)83(11)75(94)62(48(2)3)43-66(90)70(50(6)7)84(12)77(96)101-46-54-33-35-57(36-34-54)81-74(93)56(27-23-37-80-76(79)95)42-65(89)69(49(4)5)82-68(91)47-100-40-39-99-38-24-30-58(85)28-20-17-21-29-59(86)45-78/h16,18-19,25-26,33-36,48-53,56,60-62,67,69-73,92H,15,17,20-24,27-32,37-47,78H2,1-14H3,(H,81,93)(H,82,91)(H3,79,80,95)/t51-,52-,53-,56+,60?,61+,62-,67+,69?,70?,71-,72+,73+/m0/s1. The summed E-state index contributed by atoms with van der Waals surface area (Å²) in [5.74, 6) is -6.26. The lowest BCUT2D eigenvalue weighted by Gasteiger charge is -2.40. The van der Waals surface area contributed by atoms with Crippen molar-refractivity contribution < 1.29 is 81.5 Å². The third-order valence-corrected chi connectivity index (χ3v) is 19.9. The van der Waals surface area contributed by atoms with Gasteiger partial charge in [-0.05, 0) is 104 Å². The average Bonchev–Trinajstić information content (AvgIpc) is 1.80. The van der Waals surface area contributed by atoms with Crippen molar-refractivity contribution >= 4 is 70.2 Å². The summed E-state index contributed by atoms with van der Waals surface area (Å²) in [4.78, 5) is 150. The molecule has 1 fully saturated rings. The van der Waals surface area contributed by atoms with E-state index in [1.165, 1.54) is 11.9 Å². The molecule has 0 bridgehead atoms. The van der Waals surface area contributed by atoms with Crippen LogP contribution in [0.25, 0.3) is 0 Å². The predicted molar refractivity (Wildman–Crippen MR) is 387 cm³/mol. The monoisotopic (exact) mass is 1420 g/mol. The summed E-state index contributed by atoms with van der Waals surface area (Å²) in [7, 11) is 6.30. The number of urea groups is 1. The van der Waals surface area contributed by atoms with Gasteiger partial charge in [0.05, 0.1) is 56.2 Å². The molecule has 8 N–H and O–H groups in total. The van der Waals surface area contributed by atoms with Crippen LogP contribution in [0.4, 0.5) is 15.3 Å². The molecule has 101 heavy (non-hydrogen) atoms. The first-order valence-electron chi connectivity index (χ1n) is 36.6. The van der Waals surface area contributed by atoms with Gasteiger partial charge < -0.3 is 66.0 Å². The Morgan fingerprint density at radius 1 is 0.663 bits per heavy atom. The van der Waals surface area contributed by atoms with Crippen LogP contribution in [0.2, 0.25) is 0 Å². The number of hydrogen-bond acceptors (Lipinski definition) is 18. The second-order valence-corrected chi connectivity index (χ2v) is 28.7. The first-order valence-corrected chi connectivity index (χ1v) is 36.6. The number of Topliss-reactive ketones (excluding diaryl/α,β-unsaturated/α-hetero) is 6. The third kappa shape index (κ3) is 30.2. The zero-order valence-electron chi connectivity index (χ0n) is 62.9. The van der Waals surface area contributed by atoms with Crippen LogP contribution in [0.5, 0.6) is 0 Å². The molecule has 1 saturated carbocycles. The fourth-order valence-electron chi connectivity index (χ4n) is 13.8. The van der Waals surface area contributed by atoms with Crippen LogP contribution < -0.4 is 27.4 Å². The summed E-state index contributed by atoms with van der Waals surface area (Å²) in [6.07, 6.45) is 4.23. The summed E-state index contributed by atoms with van der Waals surface area (Å²) >= 11 is 0. The number of aliphatic hydroxyl groups excluding tert-OH is 1. The molecule has 24 heteroatoms. The molecule has 0 heterocycles. The van der Waals surface area contributed by atoms with E-state index in [0.717, 1.165) is 31.2 Å². The highest BCUT2D eigenvalue weighted by atomic mass is 16.6. The molecule has 24 nitrogen and oxygen atoms in total. The number of aliphatic hydroxyl groups is 1.